The van der Waals surface area contributed by atoms with Crippen molar-refractivity contribution in [3.63, 3.8) is 0 Å². The Bertz CT molecular complexity index is 1010. The molecule has 0 radical (unpaired) electrons. The van der Waals surface area contributed by atoms with E-state index in [0.29, 0.717) is 37.6 Å². The van der Waals surface area contributed by atoms with Crippen LogP contribution in [0.25, 0.3) is 0 Å². The average molecular weight is 652 g/mol. The zero-order valence-corrected chi connectivity index (χ0v) is 25.1. The minimum atomic E-state index is -0.214. The Kier molecular flexibility index (Phi) is 15.3. The van der Waals surface area contributed by atoms with Crippen LogP contribution in [0.3, 0.4) is 0 Å². The second-order valence-electron chi connectivity index (χ2n) is 8.56. The van der Waals surface area contributed by atoms with Gasteiger partial charge in [0.1, 0.15) is 11.5 Å². The minimum absolute atomic E-state index is 0.214. The SMILES string of the molecule is CCCCOc1ccc(Br)cc1C=NNC(=O)CCCCC(=O)NN=Cc1cc(Br)ccc1OCCCC. The average Bonchev–Trinajstić information content (AvgIpc) is 2.89. The van der Waals surface area contributed by atoms with E-state index in [0.717, 1.165) is 45.8 Å². The van der Waals surface area contributed by atoms with Crippen LogP contribution in [0.2, 0.25) is 0 Å². The van der Waals surface area contributed by atoms with Crippen LogP contribution < -0.4 is 20.3 Å². The molecular weight excluding hydrogens is 616 g/mol. The van der Waals surface area contributed by atoms with E-state index in [2.05, 4.69) is 66.8 Å². The van der Waals surface area contributed by atoms with E-state index in [4.69, 9.17) is 9.47 Å². The first-order valence-corrected chi connectivity index (χ1v) is 14.5. The fourth-order valence-corrected chi connectivity index (χ4v) is 3.94. The van der Waals surface area contributed by atoms with Crippen LogP contribution in [-0.2, 0) is 9.59 Å². The highest BCUT2D eigenvalue weighted by molar-refractivity contribution is 9.10. The van der Waals surface area contributed by atoms with Crippen molar-refractivity contribution in [1.29, 1.82) is 0 Å². The second kappa shape index (κ2) is 18.5. The van der Waals surface area contributed by atoms with E-state index in [1.54, 1.807) is 12.4 Å². The third-order valence-electron chi connectivity index (χ3n) is 5.30. The molecule has 0 aromatic heterocycles. The zero-order valence-electron chi connectivity index (χ0n) is 22.0. The normalized spacial score (nSPS) is 11.2. The molecule has 2 rings (SSSR count). The summed E-state index contributed by atoms with van der Waals surface area (Å²) in [6.07, 6.45) is 8.82. The van der Waals surface area contributed by atoms with Crippen molar-refractivity contribution in [1.82, 2.24) is 10.9 Å². The van der Waals surface area contributed by atoms with Crippen molar-refractivity contribution in [2.45, 2.75) is 65.2 Å². The summed E-state index contributed by atoms with van der Waals surface area (Å²) < 4.78 is 13.4. The lowest BCUT2D eigenvalue weighted by molar-refractivity contribution is -0.123. The van der Waals surface area contributed by atoms with E-state index in [1.807, 2.05) is 36.4 Å². The first-order chi connectivity index (χ1) is 18.4. The van der Waals surface area contributed by atoms with Gasteiger partial charge in [0, 0.05) is 32.9 Å². The van der Waals surface area contributed by atoms with E-state index in [9.17, 15) is 9.59 Å². The molecule has 0 bridgehead atoms. The van der Waals surface area contributed by atoms with Gasteiger partial charge in [-0.2, -0.15) is 10.2 Å². The number of rotatable bonds is 17. The van der Waals surface area contributed by atoms with Gasteiger partial charge in [0.25, 0.3) is 0 Å². The molecule has 0 aliphatic carbocycles. The summed E-state index contributed by atoms with van der Waals surface area (Å²) in [6, 6.07) is 11.3. The van der Waals surface area contributed by atoms with E-state index >= 15 is 0 Å². The van der Waals surface area contributed by atoms with Crippen LogP contribution in [0.1, 0.15) is 76.3 Å². The molecule has 0 unspecified atom stereocenters. The second-order valence-corrected chi connectivity index (χ2v) is 10.4. The standard InChI is InChI=1S/C28H36Br2N4O4/c1-3-5-15-37-25-13-11-23(29)17-21(25)19-31-33-27(35)9-7-8-10-28(36)34-32-20-22-18-24(30)12-14-26(22)38-16-6-4-2/h11-14,17-20H,3-10,15-16H2,1-2H3,(H,33,35)(H,34,36). The number of benzene rings is 2. The number of hydrazone groups is 2. The molecule has 8 nitrogen and oxygen atoms in total. The molecule has 0 heterocycles. The maximum Gasteiger partial charge on any atom is 0.240 e. The number of nitrogens with one attached hydrogen (secondary N) is 2. The molecule has 2 N–H and O–H groups in total. The highest BCUT2D eigenvalue weighted by Crippen LogP contribution is 2.23. The minimum Gasteiger partial charge on any atom is -0.493 e. The van der Waals surface area contributed by atoms with Crippen molar-refractivity contribution in [3.05, 3.63) is 56.5 Å². The Balaban J connectivity index is 1.71. The third-order valence-corrected chi connectivity index (χ3v) is 6.28. The lowest BCUT2D eigenvalue weighted by Crippen LogP contribution is -2.19. The van der Waals surface area contributed by atoms with Gasteiger partial charge in [-0.15, -0.1) is 0 Å². The number of hydrogen-bond acceptors (Lipinski definition) is 6. The zero-order chi connectivity index (χ0) is 27.6. The number of carbonyl (C=O) groups is 2. The van der Waals surface area contributed by atoms with Crippen molar-refractivity contribution in [2.75, 3.05) is 13.2 Å². The number of amides is 2. The van der Waals surface area contributed by atoms with E-state index in [1.165, 1.54) is 0 Å². The van der Waals surface area contributed by atoms with Crippen molar-refractivity contribution >= 4 is 56.1 Å². The van der Waals surface area contributed by atoms with Crippen LogP contribution in [0, 0.1) is 0 Å². The molecule has 0 saturated heterocycles. The van der Waals surface area contributed by atoms with Gasteiger partial charge >= 0.3 is 0 Å². The van der Waals surface area contributed by atoms with Gasteiger partial charge < -0.3 is 9.47 Å². The predicted octanol–water partition coefficient (Wildman–Crippen LogP) is 6.73. The lowest BCUT2D eigenvalue weighted by atomic mass is 10.2. The molecule has 0 atom stereocenters. The predicted molar refractivity (Wildman–Crippen MR) is 159 cm³/mol. The van der Waals surface area contributed by atoms with E-state index < -0.39 is 0 Å². The Morgan fingerprint density at radius 1 is 0.737 bits per heavy atom. The molecule has 206 valence electrons. The van der Waals surface area contributed by atoms with Gasteiger partial charge in [-0.1, -0.05) is 58.5 Å². The first-order valence-electron chi connectivity index (χ1n) is 12.9. The topological polar surface area (TPSA) is 101 Å². The number of ether oxygens (including phenoxy) is 2. The molecule has 0 spiro atoms. The summed E-state index contributed by atoms with van der Waals surface area (Å²) >= 11 is 6.89. The molecule has 0 aliphatic heterocycles. The van der Waals surface area contributed by atoms with Gasteiger partial charge in [0.05, 0.1) is 25.6 Å². The summed E-state index contributed by atoms with van der Waals surface area (Å²) in [5.41, 5.74) is 6.61. The molecule has 0 fully saturated rings. The summed E-state index contributed by atoms with van der Waals surface area (Å²) in [5, 5.41) is 8.11. The Labute approximate surface area is 241 Å². The van der Waals surface area contributed by atoms with Crippen LogP contribution >= 0.6 is 31.9 Å². The Morgan fingerprint density at radius 3 is 1.55 bits per heavy atom. The molecule has 2 aromatic rings. The number of nitrogens with zero attached hydrogens (tertiary/aromatic N) is 2. The van der Waals surface area contributed by atoms with Gasteiger partial charge in [0.15, 0.2) is 0 Å². The molecule has 10 heteroatoms. The smallest absolute Gasteiger partial charge is 0.240 e. The van der Waals surface area contributed by atoms with Gasteiger partial charge in [-0.3, -0.25) is 9.59 Å². The van der Waals surface area contributed by atoms with Gasteiger partial charge in [0.2, 0.25) is 11.8 Å². The molecule has 38 heavy (non-hydrogen) atoms. The Hall–Kier alpha value is -2.72. The number of halogens is 2. The molecule has 2 aromatic carbocycles. The van der Waals surface area contributed by atoms with Crippen molar-refractivity contribution in [3.8, 4) is 11.5 Å². The largest absolute Gasteiger partial charge is 0.493 e. The fourth-order valence-electron chi connectivity index (χ4n) is 3.19. The lowest BCUT2D eigenvalue weighted by Gasteiger charge is -2.09. The maximum atomic E-state index is 12.1. The summed E-state index contributed by atoms with van der Waals surface area (Å²) in [4.78, 5) is 24.2. The molecule has 2 amide bonds. The van der Waals surface area contributed by atoms with Crippen LogP contribution in [0.4, 0.5) is 0 Å². The third kappa shape index (κ3) is 12.7. The summed E-state index contributed by atoms with van der Waals surface area (Å²) in [6.45, 7) is 5.47. The summed E-state index contributed by atoms with van der Waals surface area (Å²) in [7, 11) is 0. The Morgan fingerprint density at radius 2 is 1.16 bits per heavy atom. The van der Waals surface area contributed by atoms with Gasteiger partial charge in [-0.25, -0.2) is 10.9 Å². The van der Waals surface area contributed by atoms with Crippen molar-refractivity contribution < 1.29 is 19.1 Å². The van der Waals surface area contributed by atoms with Crippen molar-refractivity contribution in [2.24, 2.45) is 10.2 Å². The first kappa shape index (κ1) is 31.5. The maximum absolute atomic E-state index is 12.1. The molecule has 0 aliphatic rings. The van der Waals surface area contributed by atoms with Crippen LogP contribution in [0.5, 0.6) is 11.5 Å². The summed E-state index contributed by atoms with van der Waals surface area (Å²) in [5.74, 6) is 1.00. The van der Waals surface area contributed by atoms with Crippen LogP contribution in [-0.4, -0.2) is 37.5 Å². The number of unbranched alkanes of at least 4 members (excludes halogenated alkanes) is 3. The number of hydrogen-bond donors (Lipinski definition) is 2. The highest BCUT2D eigenvalue weighted by Gasteiger charge is 2.06. The highest BCUT2D eigenvalue weighted by atomic mass is 79.9. The monoisotopic (exact) mass is 650 g/mol. The number of carbonyl (C=O) groups excluding carboxylic acids is 2. The quantitative estimate of drug-likeness (QED) is 0.112. The van der Waals surface area contributed by atoms with E-state index in [-0.39, 0.29) is 24.7 Å². The van der Waals surface area contributed by atoms with Gasteiger partial charge in [-0.05, 0) is 62.1 Å². The molecule has 0 saturated carbocycles. The fraction of sp³-hybridized carbons (Fsp3) is 0.429. The van der Waals surface area contributed by atoms with Crippen LogP contribution in [0.15, 0.2) is 55.5 Å². The molecular formula is C28H36Br2N4O4.